The molecule has 2 fully saturated rings. The number of carbonyl (C=O) groups is 2. The molecule has 5 heteroatoms. The highest BCUT2D eigenvalue weighted by Gasteiger charge is 2.50. The first kappa shape index (κ1) is 13.7. The van der Waals surface area contributed by atoms with E-state index in [0.717, 1.165) is 44.9 Å². The monoisotopic (exact) mass is 272 g/mol. The summed E-state index contributed by atoms with van der Waals surface area (Å²) in [6.45, 7) is 0.531. The lowest BCUT2D eigenvalue weighted by molar-refractivity contribution is -0.132. The van der Waals surface area contributed by atoms with E-state index in [4.69, 9.17) is 11.6 Å². The Balaban J connectivity index is 1.92. The standard InChI is InChI=1S/C13H21ClN2O2/c14-9-5-2-6-10-16-11(17)13(15-12(16)18)7-3-1-4-8-13/h1-10H2,(H,15,18). The fourth-order valence-electron chi connectivity index (χ4n) is 2.91. The molecule has 1 saturated heterocycles. The molecule has 0 atom stereocenters. The largest absolute Gasteiger partial charge is 0.325 e. The SMILES string of the molecule is O=C1NC2(CCCCC2)C(=O)N1CCCCCCl. The van der Waals surface area contributed by atoms with E-state index in [1.807, 2.05) is 0 Å². The number of carbonyl (C=O) groups excluding carboxylic acids is 2. The lowest BCUT2D eigenvalue weighted by Crippen LogP contribution is -2.48. The molecule has 1 aliphatic heterocycles. The van der Waals surface area contributed by atoms with Gasteiger partial charge in [0.2, 0.25) is 0 Å². The molecule has 18 heavy (non-hydrogen) atoms. The molecule has 0 bridgehead atoms. The number of amides is 3. The van der Waals surface area contributed by atoms with Crippen LogP contribution in [0.2, 0.25) is 0 Å². The first-order chi connectivity index (χ1) is 8.69. The van der Waals surface area contributed by atoms with Gasteiger partial charge in [-0.2, -0.15) is 0 Å². The number of nitrogens with one attached hydrogen (secondary N) is 1. The van der Waals surface area contributed by atoms with E-state index in [0.29, 0.717) is 12.4 Å². The van der Waals surface area contributed by atoms with Crippen LogP contribution in [-0.2, 0) is 4.79 Å². The Kier molecular flexibility index (Phi) is 4.49. The minimum absolute atomic E-state index is 0.00178. The highest BCUT2D eigenvalue weighted by Crippen LogP contribution is 2.33. The fraction of sp³-hybridized carbons (Fsp3) is 0.846. The quantitative estimate of drug-likeness (QED) is 0.475. The molecular weight excluding hydrogens is 252 g/mol. The average molecular weight is 273 g/mol. The molecule has 1 N–H and O–H groups in total. The second kappa shape index (κ2) is 5.91. The van der Waals surface area contributed by atoms with E-state index >= 15 is 0 Å². The molecule has 0 aromatic carbocycles. The Morgan fingerprint density at radius 2 is 1.83 bits per heavy atom. The second-order valence-corrected chi connectivity index (χ2v) is 5.66. The molecule has 1 heterocycles. The average Bonchev–Trinajstić information content (AvgIpc) is 2.59. The molecule has 4 nitrogen and oxygen atoms in total. The van der Waals surface area contributed by atoms with Crippen LogP contribution < -0.4 is 5.32 Å². The summed E-state index contributed by atoms with van der Waals surface area (Å²) in [6, 6.07) is -0.201. The zero-order chi connectivity index (χ0) is 13.0. The molecule has 2 rings (SSSR count). The molecule has 3 amide bonds. The number of unbranched alkanes of at least 4 members (excludes halogenated alkanes) is 2. The summed E-state index contributed by atoms with van der Waals surface area (Å²) >= 11 is 5.61. The third-order valence-corrected chi connectivity index (χ3v) is 4.24. The molecule has 0 aromatic heterocycles. The van der Waals surface area contributed by atoms with Crippen LogP contribution in [0.25, 0.3) is 0 Å². The molecule has 1 aliphatic carbocycles. The van der Waals surface area contributed by atoms with Gasteiger partial charge in [0.25, 0.3) is 5.91 Å². The number of hydrogen-bond donors (Lipinski definition) is 1. The molecule has 1 spiro atoms. The smallest absolute Gasteiger partial charge is 0.323 e. The van der Waals surface area contributed by atoms with Gasteiger partial charge in [-0.1, -0.05) is 25.7 Å². The van der Waals surface area contributed by atoms with E-state index in [1.165, 1.54) is 11.3 Å². The maximum absolute atomic E-state index is 12.4. The zero-order valence-corrected chi connectivity index (χ0v) is 11.5. The van der Waals surface area contributed by atoms with Crippen molar-refractivity contribution in [2.75, 3.05) is 12.4 Å². The Morgan fingerprint density at radius 1 is 1.11 bits per heavy atom. The molecular formula is C13H21ClN2O2. The Bertz CT molecular complexity index is 327. The van der Waals surface area contributed by atoms with Crippen molar-refractivity contribution in [1.82, 2.24) is 10.2 Å². The van der Waals surface area contributed by atoms with Gasteiger partial charge >= 0.3 is 6.03 Å². The topological polar surface area (TPSA) is 49.4 Å². The fourth-order valence-corrected chi connectivity index (χ4v) is 3.10. The van der Waals surface area contributed by atoms with E-state index in [1.54, 1.807) is 0 Å². The maximum atomic E-state index is 12.4. The van der Waals surface area contributed by atoms with Crippen LogP contribution in [0.4, 0.5) is 4.79 Å². The molecule has 0 radical (unpaired) electrons. The van der Waals surface area contributed by atoms with Crippen molar-refractivity contribution in [2.45, 2.75) is 56.9 Å². The summed E-state index contributed by atoms with van der Waals surface area (Å²) in [7, 11) is 0. The van der Waals surface area contributed by atoms with Crippen molar-refractivity contribution in [3.05, 3.63) is 0 Å². The zero-order valence-electron chi connectivity index (χ0n) is 10.7. The predicted octanol–water partition coefficient (Wildman–Crippen LogP) is 2.65. The van der Waals surface area contributed by atoms with Crippen molar-refractivity contribution in [2.24, 2.45) is 0 Å². The third kappa shape index (κ3) is 2.63. The number of imide groups is 1. The van der Waals surface area contributed by atoms with Crippen LogP contribution in [0.3, 0.4) is 0 Å². The second-order valence-electron chi connectivity index (χ2n) is 5.28. The molecule has 1 saturated carbocycles. The van der Waals surface area contributed by atoms with Crippen LogP contribution in [-0.4, -0.2) is 34.8 Å². The first-order valence-electron chi connectivity index (χ1n) is 6.90. The lowest BCUT2D eigenvalue weighted by atomic mass is 9.82. The van der Waals surface area contributed by atoms with Crippen LogP contribution >= 0.6 is 11.6 Å². The Morgan fingerprint density at radius 3 is 2.50 bits per heavy atom. The lowest BCUT2D eigenvalue weighted by Gasteiger charge is -2.30. The van der Waals surface area contributed by atoms with E-state index in [9.17, 15) is 9.59 Å². The van der Waals surface area contributed by atoms with E-state index in [-0.39, 0.29) is 11.9 Å². The van der Waals surface area contributed by atoms with Crippen molar-refractivity contribution in [1.29, 1.82) is 0 Å². The summed E-state index contributed by atoms with van der Waals surface area (Å²) in [5.74, 6) is 0.641. The van der Waals surface area contributed by atoms with Gasteiger partial charge < -0.3 is 5.32 Å². The number of nitrogens with zero attached hydrogens (tertiary/aromatic N) is 1. The summed E-state index contributed by atoms with van der Waals surface area (Å²) in [5, 5.41) is 2.92. The third-order valence-electron chi connectivity index (χ3n) is 3.97. The number of urea groups is 1. The molecule has 2 aliphatic rings. The van der Waals surface area contributed by atoms with Crippen LogP contribution in [0.1, 0.15) is 51.4 Å². The van der Waals surface area contributed by atoms with Gasteiger partial charge in [0.1, 0.15) is 5.54 Å². The van der Waals surface area contributed by atoms with Crippen molar-refractivity contribution >= 4 is 23.5 Å². The highest BCUT2D eigenvalue weighted by molar-refractivity contribution is 6.17. The molecule has 102 valence electrons. The predicted molar refractivity (Wildman–Crippen MR) is 70.6 cm³/mol. The van der Waals surface area contributed by atoms with Crippen molar-refractivity contribution < 1.29 is 9.59 Å². The number of alkyl halides is 1. The number of hydrogen-bond acceptors (Lipinski definition) is 2. The summed E-state index contributed by atoms with van der Waals surface area (Å²) in [4.78, 5) is 25.7. The van der Waals surface area contributed by atoms with Gasteiger partial charge in [-0.3, -0.25) is 9.69 Å². The Hall–Kier alpha value is -0.770. The van der Waals surface area contributed by atoms with Gasteiger partial charge in [-0.05, 0) is 25.7 Å². The normalized spacial score (nSPS) is 22.6. The van der Waals surface area contributed by atoms with E-state index < -0.39 is 5.54 Å². The Labute approximate surface area is 113 Å². The number of halogens is 1. The van der Waals surface area contributed by atoms with Crippen molar-refractivity contribution in [3.63, 3.8) is 0 Å². The van der Waals surface area contributed by atoms with Crippen molar-refractivity contribution in [3.8, 4) is 0 Å². The van der Waals surface area contributed by atoms with Gasteiger partial charge in [-0.15, -0.1) is 11.6 Å². The summed E-state index contributed by atoms with van der Waals surface area (Å²) < 4.78 is 0. The summed E-state index contributed by atoms with van der Waals surface area (Å²) in [5.41, 5.74) is -0.568. The van der Waals surface area contributed by atoms with Gasteiger partial charge in [0, 0.05) is 12.4 Å². The minimum atomic E-state index is -0.568. The van der Waals surface area contributed by atoms with Gasteiger partial charge in [0.15, 0.2) is 0 Å². The molecule has 0 aromatic rings. The van der Waals surface area contributed by atoms with Crippen LogP contribution in [0.5, 0.6) is 0 Å². The van der Waals surface area contributed by atoms with E-state index in [2.05, 4.69) is 5.32 Å². The highest BCUT2D eigenvalue weighted by atomic mass is 35.5. The molecule has 0 unspecified atom stereocenters. The minimum Gasteiger partial charge on any atom is -0.323 e. The number of rotatable bonds is 5. The van der Waals surface area contributed by atoms with Crippen LogP contribution in [0, 0.1) is 0 Å². The van der Waals surface area contributed by atoms with Crippen LogP contribution in [0.15, 0.2) is 0 Å². The first-order valence-corrected chi connectivity index (χ1v) is 7.43. The van der Waals surface area contributed by atoms with Gasteiger partial charge in [-0.25, -0.2) is 4.79 Å². The maximum Gasteiger partial charge on any atom is 0.325 e. The van der Waals surface area contributed by atoms with Gasteiger partial charge in [0.05, 0.1) is 0 Å². The summed E-state index contributed by atoms with van der Waals surface area (Å²) in [6.07, 6.45) is 7.59.